The van der Waals surface area contributed by atoms with Gasteiger partial charge in [-0.25, -0.2) is 13.8 Å². The number of rotatable bonds is 2. The molecule has 1 saturated heterocycles. The summed E-state index contributed by atoms with van der Waals surface area (Å²) in [5, 5.41) is 8.75. The lowest BCUT2D eigenvalue weighted by Crippen LogP contribution is -2.41. The summed E-state index contributed by atoms with van der Waals surface area (Å²) in [5.74, 6) is 0. The highest BCUT2D eigenvalue weighted by Crippen LogP contribution is 2.37. The Kier molecular flexibility index (Phi) is 3.57. The third-order valence-electron chi connectivity index (χ3n) is 3.79. The molecule has 1 aromatic heterocycles. The van der Waals surface area contributed by atoms with Crippen molar-refractivity contribution in [2.24, 2.45) is 0 Å². The molecule has 7 heteroatoms. The highest BCUT2D eigenvalue weighted by atomic mass is 19.3. The summed E-state index contributed by atoms with van der Waals surface area (Å²) in [7, 11) is -0.913. The fourth-order valence-corrected chi connectivity index (χ4v) is 1.89. The molecule has 2 rings (SSSR count). The van der Waals surface area contributed by atoms with Crippen LogP contribution in [0.15, 0.2) is 12.1 Å². The van der Waals surface area contributed by atoms with Crippen molar-refractivity contribution in [1.29, 1.82) is 5.26 Å². The molecule has 0 aliphatic carbocycles. The van der Waals surface area contributed by atoms with Crippen LogP contribution in [0.4, 0.5) is 8.78 Å². The van der Waals surface area contributed by atoms with Crippen molar-refractivity contribution in [3.63, 3.8) is 0 Å². The highest BCUT2D eigenvalue weighted by Gasteiger charge is 2.52. The van der Waals surface area contributed by atoms with Crippen LogP contribution in [0.2, 0.25) is 0 Å². The van der Waals surface area contributed by atoms with Gasteiger partial charge in [0, 0.05) is 5.46 Å². The first kappa shape index (κ1) is 14.9. The van der Waals surface area contributed by atoms with Gasteiger partial charge < -0.3 is 9.31 Å². The van der Waals surface area contributed by atoms with Crippen LogP contribution in [0.3, 0.4) is 0 Å². The molecular weight excluding hydrogens is 265 g/mol. The van der Waals surface area contributed by atoms with Crippen molar-refractivity contribution < 1.29 is 18.1 Å². The van der Waals surface area contributed by atoms with Crippen LogP contribution in [-0.2, 0) is 9.31 Å². The van der Waals surface area contributed by atoms with E-state index < -0.39 is 30.4 Å². The van der Waals surface area contributed by atoms with E-state index >= 15 is 0 Å². The zero-order chi connectivity index (χ0) is 15.1. The molecule has 0 bridgehead atoms. The van der Waals surface area contributed by atoms with E-state index in [-0.39, 0.29) is 11.2 Å². The van der Waals surface area contributed by atoms with Crippen LogP contribution in [0, 0.1) is 11.3 Å². The van der Waals surface area contributed by atoms with Crippen LogP contribution in [0.1, 0.15) is 45.5 Å². The second-order valence-corrected chi connectivity index (χ2v) is 5.67. The van der Waals surface area contributed by atoms with Crippen LogP contribution in [0.5, 0.6) is 0 Å². The predicted octanol–water partition coefficient (Wildman–Crippen LogP) is 2.19. The van der Waals surface area contributed by atoms with E-state index in [1.807, 2.05) is 27.7 Å². The monoisotopic (exact) mass is 280 g/mol. The average molecular weight is 280 g/mol. The van der Waals surface area contributed by atoms with E-state index in [0.29, 0.717) is 0 Å². The maximum Gasteiger partial charge on any atom is 0.496 e. The molecular formula is C13H15BF2N2O2. The molecule has 1 aliphatic rings. The minimum atomic E-state index is -2.79. The Morgan fingerprint density at radius 2 is 1.75 bits per heavy atom. The van der Waals surface area contributed by atoms with Gasteiger partial charge in [0.05, 0.1) is 11.2 Å². The fraction of sp³-hybridized carbons (Fsp3) is 0.538. The summed E-state index contributed by atoms with van der Waals surface area (Å²) in [5.41, 5.74) is -1.60. The van der Waals surface area contributed by atoms with Gasteiger partial charge in [0.1, 0.15) is 17.5 Å². The first-order valence-corrected chi connectivity index (χ1v) is 6.22. The van der Waals surface area contributed by atoms with E-state index in [0.717, 1.165) is 0 Å². The van der Waals surface area contributed by atoms with Crippen LogP contribution < -0.4 is 5.46 Å². The van der Waals surface area contributed by atoms with Crippen molar-refractivity contribution in [1.82, 2.24) is 4.98 Å². The van der Waals surface area contributed by atoms with Crippen molar-refractivity contribution in [2.45, 2.75) is 45.3 Å². The van der Waals surface area contributed by atoms with Gasteiger partial charge >= 0.3 is 7.12 Å². The Bertz CT molecular complexity index is 554. The zero-order valence-electron chi connectivity index (χ0n) is 11.8. The Morgan fingerprint density at radius 3 is 2.20 bits per heavy atom. The lowest BCUT2D eigenvalue weighted by atomic mass is 9.77. The van der Waals surface area contributed by atoms with Crippen LogP contribution in [-0.4, -0.2) is 23.3 Å². The van der Waals surface area contributed by atoms with E-state index in [4.69, 9.17) is 14.6 Å². The number of halogens is 2. The van der Waals surface area contributed by atoms with E-state index in [1.54, 1.807) is 6.07 Å². The Hall–Kier alpha value is -1.52. The number of alkyl halides is 2. The first-order chi connectivity index (χ1) is 9.18. The maximum absolute atomic E-state index is 13.1. The average Bonchev–Trinajstić information content (AvgIpc) is 2.57. The van der Waals surface area contributed by atoms with Crippen molar-refractivity contribution >= 4 is 12.6 Å². The number of hydrogen-bond donors (Lipinski definition) is 0. The SMILES string of the molecule is CC1(C)OB(c2ccc(C#N)nc2C(F)F)OC1(C)C. The number of pyridine rings is 1. The second-order valence-electron chi connectivity index (χ2n) is 5.67. The first-order valence-electron chi connectivity index (χ1n) is 6.22. The quantitative estimate of drug-likeness (QED) is 0.779. The molecule has 4 nitrogen and oxygen atoms in total. The molecule has 0 saturated carbocycles. The van der Waals surface area contributed by atoms with Crippen molar-refractivity contribution in [2.75, 3.05) is 0 Å². The summed E-state index contributed by atoms with van der Waals surface area (Å²) in [6.45, 7) is 7.36. The molecule has 0 atom stereocenters. The molecule has 0 spiro atoms. The molecule has 0 aromatic carbocycles. The number of nitrogens with zero attached hydrogens (tertiary/aromatic N) is 2. The molecule has 106 valence electrons. The normalized spacial score (nSPS) is 20.2. The lowest BCUT2D eigenvalue weighted by molar-refractivity contribution is 0.00578. The molecule has 0 unspecified atom stereocenters. The number of aromatic nitrogens is 1. The molecule has 0 amide bonds. The third kappa shape index (κ3) is 2.41. The van der Waals surface area contributed by atoms with Gasteiger partial charge in [0.2, 0.25) is 0 Å². The van der Waals surface area contributed by atoms with E-state index in [2.05, 4.69) is 4.98 Å². The predicted molar refractivity (Wildman–Crippen MR) is 69.6 cm³/mol. The summed E-state index contributed by atoms with van der Waals surface area (Å²) < 4.78 is 37.7. The number of nitriles is 1. The topological polar surface area (TPSA) is 55.1 Å². The molecule has 20 heavy (non-hydrogen) atoms. The molecule has 1 fully saturated rings. The minimum absolute atomic E-state index is 0.0550. The fourth-order valence-electron chi connectivity index (χ4n) is 1.89. The molecule has 0 radical (unpaired) electrons. The van der Waals surface area contributed by atoms with Crippen LogP contribution in [0.25, 0.3) is 0 Å². The van der Waals surface area contributed by atoms with Gasteiger partial charge in [0.25, 0.3) is 6.43 Å². The lowest BCUT2D eigenvalue weighted by Gasteiger charge is -2.32. The Morgan fingerprint density at radius 1 is 1.20 bits per heavy atom. The smallest absolute Gasteiger partial charge is 0.399 e. The minimum Gasteiger partial charge on any atom is -0.399 e. The highest BCUT2D eigenvalue weighted by molar-refractivity contribution is 6.62. The summed E-state index contributed by atoms with van der Waals surface area (Å²) in [6.07, 6.45) is -2.79. The summed E-state index contributed by atoms with van der Waals surface area (Å²) in [6, 6.07) is 4.54. The Balaban J connectivity index is 2.43. The second kappa shape index (κ2) is 4.79. The van der Waals surface area contributed by atoms with Gasteiger partial charge in [-0.15, -0.1) is 0 Å². The van der Waals surface area contributed by atoms with Gasteiger partial charge in [-0.1, -0.05) is 6.07 Å². The van der Waals surface area contributed by atoms with Gasteiger partial charge in [-0.2, -0.15) is 5.26 Å². The zero-order valence-corrected chi connectivity index (χ0v) is 11.8. The van der Waals surface area contributed by atoms with E-state index in [9.17, 15) is 8.78 Å². The molecule has 1 aromatic rings. The summed E-state index contributed by atoms with van der Waals surface area (Å²) in [4.78, 5) is 3.66. The Labute approximate surface area is 116 Å². The van der Waals surface area contributed by atoms with Crippen LogP contribution >= 0.6 is 0 Å². The van der Waals surface area contributed by atoms with Gasteiger partial charge in [0.15, 0.2) is 0 Å². The molecule has 0 N–H and O–H groups in total. The molecule has 2 heterocycles. The standard InChI is InChI=1S/C13H15BF2N2O2/c1-12(2)13(3,4)20-14(19-12)9-6-5-8(7-17)18-10(9)11(15)16/h5-6,11H,1-4H3. The summed E-state index contributed by atoms with van der Waals surface area (Å²) >= 11 is 0. The van der Waals surface area contributed by atoms with Gasteiger partial charge in [-0.3, -0.25) is 0 Å². The van der Waals surface area contributed by atoms with Crippen molar-refractivity contribution in [3.05, 3.63) is 23.5 Å². The van der Waals surface area contributed by atoms with Crippen molar-refractivity contribution in [3.8, 4) is 6.07 Å². The third-order valence-corrected chi connectivity index (χ3v) is 3.79. The number of hydrogen-bond acceptors (Lipinski definition) is 4. The van der Waals surface area contributed by atoms with Gasteiger partial charge in [-0.05, 0) is 33.8 Å². The van der Waals surface area contributed by atoms with E-state index in [1.165, 1.54) is 12.1 Å². The maximum atomic E-state index is 13.1. The molecule has 1 aliphatic heterocycles. The largest absolute Gasteiger partial charge is 0.496 e.